The minimum atomic E-state index is 0.232. The highest BCUT2D eigenvalue weighted by Gasteiger charge is 2.37. The minimum absolute atomic E-state index is 0.232. The molecule has 1 saturated carbocycles. The van der Waals surface area contributed by atoms with Gasteiger partial charge in [0.15, 0.2) is 5.16 Å². The average molecular weight is 237 g/mol. The van der Waals surface area contributed by atoms with Crippen LogP contribution in [0.25, 0.3) is 0 Å². The van der Waals surface area contributed by atoms with Crippen molar-refractivity contribution in [3.05, 3.63) is 18.5 Å². The van der Waals surface area contributed by atoms with Crippen molar-refractivity contribution in [2.24, 2.45) is 11.1 Å². The van der Waals surface area contributed by atoms with E-state index in [4.69, 9.17) is 5.73 Å². The summed E-state index contributed by atoms with van der Waals surface area (Å²) in [5.74, 6) is 0. The minimum Gasteiger partial charge on any atom is -0.326 e. The standard InChI is InChI=1S/C12H19N3S/c1-12(2)6-3-5-9(10(12)13)16-11-14-7-4-8-15-11/h4,7-10H,3,5-6,13H2,1-2H3. The monoisotopic (exact) mass is 237 g/mol. The molecule has 1 heterocycles. The first-order valence-electron chi connectivity index (χ1n) is 5.79. The molecule has 2 atom stereocenters. The van der Waals surface area contributed by atoms with Gasteiger partial charge in [0, 0.05) is 23.7 Å². The highest BCUT2D eigenvalue weighted by molar-refractivity contribution is 7.99. The van der Waals surface area contributed by atoms with Gasteiger partial charge in [0.05, 0.1) is 0 Å². The molecule has 0 radical (unpaired) electrons. The molecule has 3 nitrogen and oxygen atoms in total. The summed E-state index contributed by atoms with van der Waals surface area (Å²) in [5.41, 5.74) is 6.57. The van der Waals surface area contributed by atoms with E-state index in [1.807, 2.05) is 6.07 Å². The Bertz CT molecular complexity index is 339. The third kappa shape index (κ3) is 2.55. The molecule has 88 valence electrons. The van der Waals surface area contributed by atoms with Crippen LogP contribution in [0.3, 0.4) is 0 Å². The summed E-state index contributed by atoms with van der Waals surface area (Å²) in [6.45, 7) is 4.52. The Morgan fingerprint density at radius 3 is 2.75 bits per heavy atom. The highest BCUT2D eigenvalue weighted by Crippen LogP contribution is 2.40. The van der Waals surface area contributed by atoms with Crippen molar-refractivity contribution in [3.8, 4) is 0 Å². The Kier molecular flexibility index (Phi) is 3.50. The molecule has 1 aromatic heterocycles. The van der Waals surface area contributed by atoms with E-state index in [1.165, 1.54) is 19.3 Å². The van der Waals surface area contributed by atoms with Crippen LogP contribution in [0, 0.1) is 5.41 Å². The second-order valence-electron chi connectivity index (χ2n) is 5.09. The first kappa shape index (κ1) is 11.9. The molecular weight excluding hydrogens is 218 g/mol. The van der Waals surface area contributed by atoms with Crippen molar-refractivity contribution in [1.29, 1.82) is 0 Å². The quantitative estimate of drug-likeness (QED) is 0.803. The smallest absolute Gasteiger partial charge is 0.187 e. The van der Waals surface area contributed by atoms with Crippen LogP contribution in [0.4, 0.5) is 0 Å². The number of nitrogens with zero attached hydrogens (tertiary/aromatic N) is 2. The summed E-state index contributed by atoms with van der Waals surface area (Å²) >= 11 is 1.73. The summed E-state index contributed by atoms with van der Waals surface area (Å²) in [5, 5.41) is 1.30. The molecule has 16 heavy (non-hydrogen) atoms. The predicted molar refractivity (Wildman–Crippen MR) is 67.3 cm³/mol. The van der Waals surface area contributed by atoms with Crippen LogP contribution in [0.15, 0.2) is 23.6 Å². The molecule has 2 unspecified atom stereocenters. The van der Waals surface area contributed by atoms with Crippen LogP contribution in [-0.4, -0.2) is 21.3 Å². The van der Waals surface area contributed by atoms with E-state index in [-0.39, 0.29) is 11.5 Å². The molecule has 0 saturated heterocycles. The zero-order valence-electron chi connectivity index (χ0n) is 9.89. The fourth-order valence-electron chi connectivity index (χ4n) is 2.22. The van der Waals surface area contributed by atoms with Crippen LogP contribution in [0.2, 0.25) is 0 Å². The van der Waals surface area contributed by atoms with Gasteiger partial charge in [-0.25, -0.2) is 9.97 Å². The lowest BCUT2D eigenvalue weighted by molar-refractivity contribution is 0.208. The highest BCUT2D eigenvalue weighted by atomic mass is 32.2. The maximum atomic E-state index is 6.33. The van der Waals surface area contributed by atoms with Gasteiger partial charge in [-0.15, -0.1) is 0 Å². The number of nitrogens with two attached hydrogens (primary N) is 1. The molecule has 1 aromatic rings. The van der Waals surface area contributed by atoms with Crippen molar-refractivity contribution >= 4 is 11.8 Å². The van der Waals surface area contributed by atoms with E-state index < -0.39 is 0 Å². The van der Waals surface area contributed by atoms with Crippen LogP contribution in [0.1, 0.15) is 33.1 Å². The molecular formula is C12H19N3S. The molecule has 0 aromatic carbocycles. The Morgan fingerprint density at radius 1 is 1.38 bits per heavy atom. The first-order valence-corrected chi connectivity index (χ1v) is 6.67. The Balaban J connectivity index is 2.05. The Labute approximate surface area is 101 Å². The maximum absolute atomic E-state index is 6.33. The van der Waals surface area contributed by atoms with Gasteiger partial charge in [-0.2, -0.15) is 0 Å². The van der Waals surface area contributed by atoms with Gasteiger partial charge in [0.25, 0.3) is 0 Å². The van der Waals surface area contributed by atoms with Crippen LogP contribution in [-0.2, 0) is 0 Å². The SMILES string of the molecule is CC1(C)CCCC(Sc2ncccn2)C1N. The fraction of sp³-hybridized carbons (Fsp3) is 0.667. The molecule has 1 aliphatic rings. The van der Waals surface area contributed by atoms with Gasteiger partial charge in [0.2, 0.25) is 0 Å². The van der Waals surface area contributed by atoms with Gasteiger partial charge in [-0.05, 0) is 24.3 Å². The summed E-state index contributed by atoms with van der Waals surface area (Å²) in [4.78, 5) is 8.50. The van der Waals surface area contributed by atoms with Gasteiger partial charge in [-0.3, -0.25) is 0 Å². The van der Waals surface area contributed by atoms with Gasteiger partial charge in [0.1, 0.15) is 0 Å². The molecule has 2 rings (SSSR count). The molecule has 2 N–H and O–H groups in total. The zero-order chi connectivity index (χ0) is 11.6. The average Bonchev–Trinajstić information content (AvgIpc) is 2.26. The van der Waals surface area contributed by atoms with E-state index in [9.17, 15) is 0 Å². The predicted octanol–water partition coefficient (Wildman–Crippen LogP) is 2.47. The van der Waals surface area contributed by atoms with Gasteiger partial charge in [-0.1, -0.05) is 32.0 Å². The van der Waals surface area contributed by atoms with E-state index in [0.717, 1.165) is 5.16 Å². The molecule has 1 fully saturated rings. The van der Waals surface area contributed by atoms with Crippen molar-refractivity contribution in [2.45, 2.75) is 49.6 Å². The molecule has 0 aliphatic heterocycles. The molecule has 4 heteroatoms. The van der Waals surface area contributed by atoms with E-state index in [0.29, 0.717) is 5.25 Å². The van der Waals surface area contributed by atoms with Crippen molar-refractivity contribution < 1.29 is 0 Å². The van der Waals surface area contributed by atoms with E-state index in [2.05, 4.69) is 23.8 Å². The lowest BCUT2D eigenvalue weighted by atomic mass is 9.73. The third-order valence-electron chi connectivity index (χ3n) is 3.41. The lowest BCUT2D eigenvalue weighted by Gasteiger charge is -2.41. The number of rotatable bonds is 2. The lowest BCUT2D eigenvalue weighted by Crippen LogP contribution is -2.48. The molecule has 0 bridgehead atoms. The van der Waals surface area contributed by atoms with Crippen molar-refractivity contribution in [2.75, 3.05) is 0 Å². The van der Waals surface area contributed by atoms with Crippen molar-refractivity contribution in [1.82, 2.24) is 9.97 Å². The topological polar surface area (TPSA) is 51.8 Å². The first-order chi connectivity index (χ1) is 7.59. The second-order valence-corrected chi connectivity index (χ2v) is 6.30. The number of hydrogen-bond acceptors (Lipinski definition) is 4. The molecule has 1 aliphatic carbocycles. The van der Waals surface area contributed by atoms with Crippen LogP contribution in [0.5, 0.6) is 0 Å². The van der Waals surface area contributed by atoms with E-state index >= 15 is 0 Å². The fourth-order valence-corrected chi connectivity index (χ4v) is 3.54. The summed E-state index contributed by atoms with van der Waals surface area (Å²) in [6.07, 6.45) is 7.23. The number of hydrogen-bond donors (Lipinski definition) is 1. The summed E-state index contributed by atoms with van der Waals surface area (Å²) in [7, 11) is 0. The van der Waals surface area contributed by atoms with Gasteiger partial charge < -0.3 is 5.73 Å². The Hall–Kier alpha value is -0.610. The maximum Gasteiger partial charge on any atom is 0.187 e. The molecule has 0 amide bonds. The van der Waals surface area contributed by atoms with Crippen LogP contribution >= 0.6 is 11.8 Å². The van der Waals surface area contributed by atoms with Crippen LogP contribution < -0.4 is 5.73 Å². The largest absolute Gasteiger partial charge is 0.326 e. The Morgan fingerprint density at radius 2 is 2.06 bits per heavy atom. The summed E-state index contributed by atoms with van der Waals surface area (Å²) in [6, 6.07) is 2.07. The van der Waals surface area contributed by atoms with E-state index in [1.54, 1.807) is 24.2 Å². The van der Waals surface area contributed by atoms with Crippen molar-refractivity contribution in [3.63, 3.8) is 0 Å². The zero-order valence-corrected chi connectivity index (χ0v) is 10.7. The van der Waals surface area contributed by atoms with Gasteiger partial charge >= 0.3 is 0 Å². The third-order valence-corrected chi connectivity index (χ3v) is 4.66. The number of aromatic nitrogens is 2. The molecule has 0 spiro atoms. The number of thioether (sulfide) groups is 1. The normalized spacial score (nSPS) is 28.9. The second kappa shape index (κ2) is 4.72. The summed E-state index contributed by atoms with van der Waals surface area (Å²) < 4.78 is 0.